The molecule has 1 unspecified atom stereocenters. The molecule has 1 fully saturated rings. The summed E-state index contributed by atoms with van der Waals surface area (Å²) in [6.07, 6.45) is 1.30. The highest BCUT2D eigenvalue weighted by Crippen LogP contribution is 2.21. The summed E-state index contributed by atoms with van der Waals surface area (Å²) in [4.78, 5) is 0. The van der Waals surface area contributed by atoms with Crippen molar-refractivity contribution in [3.8, 4) is 0 Å². The first-order valence-electron chi connectivity index (χ1n) is 4.99. The van der Waals surface area contributed by atoms with E-state index in [4.69, 9.17) is 15.7 Å². The van der Waals surface area contributed by atoms with E-state index < -0.39 is 16.1 Å². The van der Waals surface area contributed by atoms with Gasteiger partial charge in [-0.1, -0.05) is 5.16 Å². The van der Waals surface area contributed by atoms with E-state index >= 15 is 0 Å². The summed E-state index contributed by atoms with van der Waals surface area (Å²) < 4.78 is 29.8. The number of hydrogen-bond acceptors (Lipinski definition) is 5. The smallest absolute Gasteiger partial charge is 0.217 e. The first-order valence-corrected chi connectivity index (χ1v) is 6.59. The molecule has 0 aromatic carbocycles. The van der Waals surface area contributed by atoms with Gasteiger partial charge in [0.2, 0.25) is 10.0 Å². The average molecular weight is 251 g/mol. The molecule has 0 saturated carbocycles. The van der Waals surface area contributed by atoms with Gasteiger partial charge in [0.25, 0.3) is 0 Å². The van der Waals surface area contributed by atoms with E-state index in [2.05, 4.69) is 5.16 Å². The van der Waals surface area contributed by atoms with Crippen molar-refractivity contribution >= 4 is 15.9 Å². The van der Waals surface area contributed by atoms with Crippen LogP contribution in [0.1, 0.15) is 12.8 Å². The Morgan fingerprint density at radius 2 is 2.38 bits per heavy atom. The van der Waals surface area contributed by atoms with Gasteiger partial charge in [-0.2, -0.15) is 4.31 Å². The Labute approximate surface area is 94.9 Å². The monoisotopic (exact) mass is 251 g/mol. The van der Waals surface area contributed by atoms with Crippen LogP contribution in [0.2, 0.25) is 0 Å². The van der Waals surface area contributed by atoms with Crippen molar-refractivity contribution in [3.63, 3.8) is 0 Å². The predicted molar refractivity (Wildman–Crippen MR) is 58.8 cm³/mol. The molecule has 1 aliphatic heterocycles. The van der Waals surface area contributed by atoms with Gasteiger partial charge < -0.3 is 15.7 Å². The molecule has 0 radical (unpaired) electrons. The van der Waals surface area contributed by atoms with E-state index in [0.29, 0.717) is 19.4 Å². The quantitative estimate of drug-likeness (QED) is 0.287. The Bertz CT molecular complexity index is 354. The molecule has 1 heterocycles. The Morgan fingerprint density at radius 1 is 1.69 bits per heavy atom. The van der Waals surface area contributed by atoms with Gasteiger partial charge in [-0.05, 0) is 12.8 Å². The summed E-state index contributed by atoms with van der Waals surface area (Å²) in [5.74, 6) is -0.142. The van der Waals surface area contributed by atoms with E-state index in [1.165, 1.54) is 11.4 Å². The highest BCUT2D eigenvalue weighted by molar-refractivity contribution is 7.89. The zero-order chi connectivity index (χ0) is 12.2. The summed E-state index contributed by atoms with van der Waals surface area (Å²) >= 11 is 0. The van der Waals surface area contributed by atoms with Crippen molar-refractivity contribution in [2.24, 2.45) is 10.9 Å². The molecule has 0 amide bonds. The molecule has 0 bridgehead atoms. The molecule has 0 spiro atoms. The minimum atomic E-state index is -3.39. The Hall–Kier alpha value is -0.860. The van der Waals surface area contributed by atoms with Gasteiger partial charge in [0.15, 0.2) is 5.84 Å². The largest absolute Gasteiger partial charge is 0.409 e. The average Bonchev–Trinajstić information content (AvgIpc) is 2.75. The lowest BCUT2D eigenvalue weighted by molar-refractivity contribution is 0.215. The number of amidine groups is 1. The fraction of sp³-hybridized carbons (Fsp3) is 0.875. The van der Waals surface area contributed by atoms with E-state index in [-0.39, 0.29) is 18.2 Å². The molecular weight excluding hydrogens is 234 g/mol. The lowest BCUT2D eigenvalue weighted by atomic mass is 10.2. The van der Waals surface area contributed by atoms with Crippen molar-refractivity contribution in [3.05, 3.63) is 0 Å². The minimum absolute atomic E-state index is 0.0570. The van der Waals surface area contributed by atoms with E-state index in [1.807, 2.05) is 0 Å². The highest BCUT2D eigenvalue weighted by Gasteiger charge is 2.36. The van der Waals surface area contributed by atoms with Crippen molar-refractivity contribution in [2.75, 3.05) is 26.0 Å². The third-order valence-electron chi connectivity index (χ3n) is 2.56. The third kappa shape index (κ3) is 2.83. The van der Waals surface area contributed by atoms with E-state index in [0.717, 1.165) is 0 Å². The Balaban J connectivity index is 2.78. The zero-order valence-electron chi connectivity index (χ0n) is 9.16. The second-order valence-electron chi connectivity index (χ2n) is 3.60. The zero-order valence-corrected chi connectivity index (χ0v) is 9.98. The van der Waals surface area contributed by atoms with Crippen LogP contribution in [0.4, 0.5) is 0 Å². The molecule has 1 saturated heterocycles. The number of oxime groups is 1. The van der Waals surface area contributed by atoms with E-state index in [9.17, 15) is 8.42 Å². The summed E-state index contributed by atoms with van der Waals surface area (Å²) in [7, 11) is -1.95. The van der Waals surface area contributed by atoms with Gasteiger partial charge >= 0.3 is 0 Å². The fourth-order valence-corrected chi connectivity index (χ4v) is 3.36. The summed E-state index contributed by atoms with van der Waals surface area (Å²) in [6.45, 7) is 0.550. The van der Waals surface area contributed by atoms with Crippen molar-refractivity contribution in [1.82, 2.24) is 4.31 Å². The lowest BCUT2D eigenvalue weighted by Crippen LogP contribution is -2.45. The topological polar surface area (TPSA) is 105 Å². The molecule has 1 aliphatic rings. The molecule has 8 heteroatoms. The molecule has 94 valence electrons. The third-order valence-corrected chi connectivity index (χ3v) is 4.40. The number of nitrogens with zero attached hydrogens (tertiary/aromatic N) is 2. The number of nitrogens with two attached hydrogens (primary N) is 1. The van der Waals surface area contributed by atoms with Gasteiger partial charge in [-0.25, -0.2) is 8.42 Å². The summed E-state index contributed by atoms with van der Waals surface area (Å²) in [5.41, 5.74) is 5.46. The van der Waals surface area contributed by atoms with Crippen LogP contribution in [0.5, 0.6) is 0 Å². The Morgan fingerprint density at radius 3 is 2.94 bits per heavy atom. The predicted octanol–water partition coefficient (Wildman–Crippen LogP) is -0.827. The van der Waals surface area contributed by atoms with Crippen LogP contribution in [-0.4, -0.2) is 55.8 Å². The maximum absolute atomic E-state index is 11.9. The number of rotatable bonds is 5. The van der Waals surface area contributed by atoms with Gasteiger partial charge in [-0.3, -0.25) is 0 Å². The van der Waals surface area contributed by atoms with Crippen LogP contribution in [-0.2, 0) is 14.8 Å². The van der Waals surface area contributed by atoms with Crippen LogP contribution < -0.4 is 5.73 Å². The van der Waals surface area contributed by atoms with Crippen LogP contribution >= 0.6 is 0 Å². The highest BCUT2D eigenvalue weighted by atomic mass is 32.2. The van der Waals surface area contributed by atoms with Gasteiger partial charge in [0.1, 0.15) is 0 Å². The van der Waals surface area contributed by atoms with Gasteiger partial charge in [0.05, 0.1) is 18.4 Å². The number of hydrogen-bond donors (Lipinski definition) is 2. The molecule has 16 heavy (non-hydrogen) atoms. The van der Waals surface area contributed by atoms with E-state index in [1.54, 1.807) is 0 Å². The molecule has 0 aromatic heterocycles. The van der Waals surface area contributed by atoms with Crippen LogP contribution in [0.25, 0.3) is 0 Å². The summed E-state index contributed by atoms with van der Waals surface area (Å²) in [5, 5.41) is 11.4. The van der Waals surface area contributed by atoms with Crippen LogP contribution in [0, 0.1) is 0 Å². The lowest BCUT2D eigenvalue weighted by Gasteiger charge is -2.22. The summed E-state index contributed by atoms with van der Waals surface area (Å²) in [6, 6.07) is -0.521. The number of methoxy groups -OCH3 is 1. The SMILES string of the molecule is COCCS(=O)(=O)N1CCCC1C(N)=NO. The molecule has 0 aromatic rings. The standard InChI is InChI=1S/C8H17N3O4S/c1-15-5-6-16(13,14)11-4-2-3-7(11)8(9)10-12/h7,12H,2-6H2,1H3,(H2,9,10). The number of ether oxygens (including phenoxy) is 1. The molecule has 3 N–H and O–H groups in total. The maximum atomic E-state index is 11.9. The first kappa shape index (κ1) is 13.2. The van der Waals surface area contributed by atoms with Crippen LogP contribution in [0.3, 0.4) is 0 Å². The second-order valence-corrected chi connectivity index (χ2v) is 5.64. The molecule has 0 aliphatic carbocycles. The van der Waals surface area contributed by atoms with Gasteiger partial charge in [0, 0.05) is 13.7 Å². The van der Waals surface area contributed by atoms with Crippen LogP contribution in [0.15, 0.2) is 5.16 Å². The molecular formula is C8H17N3O4S. The van der Waals surface area contributed by atoms with Crippen molar-refractivity contribution in [2.45, 2.75) is 18.9 Å². The maximum Gasteiger partial charge on any atom is 0.217 e. The molecule has 1 atom stereocenters. The second kappa shape index (κ2) is 5.46. The van der Waals surface area contributed by atoms with Gasteiger partial charge in [-0.15, -0.1) is 0 Å². The Kier molecular flexibility index (Phi) is 4.51. The number of sulfonamides is 1. The molecule has 1 rings (SSSR count). The first-order chi connectivity index (χ1) is 7.53. The van der Waals surface area contributed by atoms with Crippen molar-refractivity contribution in [1.29, 1.82) is 0 Å². The fourth-order valence-electron chi connectivity index (χ4n) is 1.74. The normalized spacial score (nSPS) is 23.8. The molecule has 7 nitrogen and oxygen atoms in total. The van der Waals surface area contributed by atoms with Crippen molar-refractivity contribution < 1.29 is 18.4 Å². The minimum Gasteiger partial charge on any atom is -0.409 e.